The van der Waals surface area contributed by atoms with E-state index in [2.05, 4.69) is 33.4 Å². The average Bonchev–Trinajstić information content (AvgIpc) is 3.18. The van der Waals surface area contributed by atoms with Gasteiger partial charge in [-0.2, -0.15) is 0 Å². The summed E-state index contributed by atoms with van der Waals surface area (Å²) in [7, 11) is 3.53. The van der Waals surface area contributed by atoms with Crippen molar-refractivity contribution >= 4 is 5.96 Å². The van der Waals surface area contributed by atoms with Crippen LogP contribution in [-0.4, -0.2) is 44.7 Å². The number of ether oxygens (including phenoxy) is 2. The number of benzene rings is 2. The third-order valence-electron chi connectivity index (χ3n) is 4.85. The van der Waals surface area contributed by atoms with E-state index in [0.717, 1.165) is 44.4 Å². The second-order valence-corrected chi connectivity index (χ2v) is 6.85. The first kappa shape index (κ1) is 19.2. The molecule has 0 aromatic heterocycles. The van der Waals surface area contributed by atoms with Crippen molar-refractivity contribution < 1.29 is 9.47 Å². The molecule has 1 heterocycles. The molecule has 1 fully saturated rings. The Balaban J connectivity index is 1.43. The summed E-state index contributed by atoms with van der Waals surface area (Å²) in [6.07, 6.45) is 1.13. The minimum atomic E-state index is 0.545. The molecule has 3 rings (SSSR count). The summed E-state index contributed by atoms with van der Waals surface area (Å²) in [6.45, 7) is 4.19. The SMILES string of the molecule is CN=C(NCc1cccc(OC)c1)N1CCC(COCc2ccccc2)C1. The first-order valence-corrected chi connectivity index (χ1v) is 9.48. The Hall–Kier alpha value is -2.53. The second kappa shape index (κ2) is 9.97. The van der Waals surface area contributed by atoms with E-state index in [1.807, 2.05) is 43.4 Å². The maximum atomic E-state index is 5.92. The van der Waals surface area contributed by atoms with Gasteiger partial charge in [-0.1, -0.05) is 42.5 Å². The van der Waals surface area contributed by atoms with Crippen LogP contribution >= 0.6 is 0 Å². The van der Waals surface area contributed by atoms with E-state index < -0.39 is 0 Å². The normalized spacial score (nSPS) is 17.2. The smallest absolute Gasteiger partial charge is 0.193 e. The molecule has 0 bridgehead atoms. The van der Waals surface area contributed by atoms with Crippen LogP contribution in [0.5, 0.6) is 5.75 Å². The lowest BCUT2D eigenvalue weighted by Crippen LogP contribution is -2.39. The number of hydrogen-bond donors (Lipinski definition) is 1. The Bertz CT molecular complexity index is 733. The Morgan fingerprint density at radius 1 is 1.15 bits per heavy atom. The van der Waals surface area contributed by atoms with Crippen molar-refractivity contribution in [2.24, 2.45) is 10.9 Å². The van der Waals surface area contributed by atoms with Gasteiger partial charge in [-0.15, -0.1) is 0 Å². The Morgan fingerprint density at radius 3 is 2.74 bits per heavy atom. The molecule has 5 heteroatoms. The zero-order valence-electron chi connectivity index (χ0n) is 16.2. The minimum Gasteiger partial charge on any atom is -0.497 e. The largest absolute Gasteiger partial charge is 0.497 e. The van der Waals surface area contributed by atoms with Crippen LogP contribution in [0.4, 0.5) is 0 Å². The van der Waals surface area contributed by atoms with Crippen molar-refractivity contribution in [2.45, 2.75) is 19.6 Å². The fourth-order valence-electron chi connectivity index (χ4n) is 3.37. The fourth-order valence-corrected chi connectivity index (χ4v) is 3.37. The zero-order valence-corrected chi connectivity index (χ0v) is 16.2. The maximum Gasteiger partial charge on any atom is 0.193 e. The van der Waals surface area contributed by atoms with Gasteiger partial charge in [0.05, 0.1) is 20.3 Å². The van der Waals surface area contributed by atoms with Crippen LogP contribution in [0.2, 0.25) is 0 Å². The van der Waals surface area contributed by atoms with E-state index >= 15 is 0 Å². The minimum absolute atomic E-state index is 0.545. The van der Waals surface area contributed by atoms with Crippen LogP contribution in [-0.2, 0) is 17.9 Å². The topological polar surface area (TPSA) is 46.1 Å². The van der Waals surface area contributed by atoms with Gasteiger partial charge in [-0.05, 0) is 29.7 Å². The highest BCUT2D eigenvalue weighted by Gasteiger charge is 2.24. The standard InChI is InChI=1S/C22H29N3O2/c1-23-22(24-14-19-9-6-10-21(13-19)26-2)25-12-11-20(15-25)17-27-16-18-7-4-3-5-8-18/h3-10,13,20H,11-12,14-17H2,1-2H3,(H,23,24). The molecule has 0 aliphatic carbocycles. The molecule has 1 saturated heterocycles. The second-order valence-electron chi connectivity index (χ2n) is 6.85. The summed E-state index contributed by atoms with van der Waals surface area (Å²) in [5.74, 6) is 2.37. The van der Waals surface area contributed by atoms with E-state index in [1.165, 1.54) is 11.1 Å². The van der Waals surface area contributed by atoms with Gasteiger partial charge in [0.2, 0.25) is 0 Å². The van der Waals surface area contributed by atoms with Crippen LogP contribution in [0.15, 0.2) is 59.6 Å². The van der Waals surface area contributed by atoms with E-state index in [4.69, 9.17) is 9.47 Å². The lowest BCUT2D eigenvalue weighted by atomic mass is 10.1. The number of guanidine groups is 1. The van der Waals surface area contributed by atoms with Crippen LogP contribution in [0.1, 0.15) is 17.5 Å². The summed E-state index contributed by atoms with van der Waals surface area (Å²) in [4.78, 5) is 6.77. The monoisotopic (exact) mass is 367 g/mol. The number of rotatable bonds is 7. The van der Waals surface area contributed by atoms with E-state index in [-0.39, 0.29) is 0 Å². The third-order valence-corrected chi connectivity index (χ3v) is 4.85. The first-order chi connectivity index (χ1) is 13.3. The highest BCUT2D eigenvalue weighted by molar-refractivity contribution is 5.80. The molecule has 5 nitrogen and oxygen atoms in total. The fraction of sp³-hybridized carbons (Fsp3) is 0.409. The van der Waals surface area contributed by atoms with Crippen molar-refractivity contribution in [1.29, 1.82) is 0 Å². The van der Waals surface area contributed by atoms with Crippen molar-refractivity contribution in [1.82, 2.24) is 10.2 Å². The molecule has 2 aromatic rings. The van der Waals surface area contributed by atoms with Gasteiger partial charge >= 0.3 is 0 Å². The predicted octanol–water partition coefficient (Wildman–Crippen LogP) is 3.31. The van der Waals surface area contributed by atoms with Gasteiger partial charge in [-0.3, -0.25) is 4.99 Å². The van der Waals surface area contributed by atoms with Crippen LogP contribution in [0, 0.1) is 5.92 Å². The van der Waals surface area contributed by atoms with Gasteiger partial charge in [0.25, 0.3) is 0 Å². The molecule has 0 spiro atoms. The van der Waals surface area contributed by atoms with Gasteiger partial charge in [0.15, 0.2) is 5.96 Å². The molecule has 0 saturated carbocycles. The summed E-state index contributed by atoms with van der Waals surface area (Å²) >= 11 is 0. The molecular weight excluding hydrogens is 338 g/mol. The summed E-state index contributed by atoms with van der Waals surface area (Å²) < 4.78 is 11.2. The van der Waals surface area contributed by atoms with Crippen molar-refractivity contribution in [3.05, 3.63) is 65.7 Å². The Labute approximate surface area is 162 Å². The van der Waals surface area contributed by atoms with E-state index in [0.29, 0.717) is 12.5 Å². The Kier molecular flexibility index (Phi) is 7.11. The van der Waals surface area contributed by atoms with Crippen molar-refractivity contribution in [3.63, 3.8) is 0 Å². The zero-order chi connectivity index (χ0) is 18.9. The van der Waals surface area contributed by atoms with E-state index in [1.54, 1.807) is 7.11 Å². The highest BCUT2D eigenvalue weighted by Crippen LogP contribution is 2.18. The van der Waals surface area contributed by atoms with Crippen LogP contribution in [0.3, 0.4) is 0 Å². The van der Waals surface area contributed by atoms with Gasteiger partial charge in [0, 0.05) is 32.6 Å². The molecule has 27 heavy (non-hydrogen) atoms. The molecule has 1 aliphatic heterocycles. The molecule has 1 aliphatic rings. The van der Waals surface area contributed by atoms with Crippen LogP contribution in [0.25, 0.3) is 0 Å². The number of likely N-dealkylation sites (tertiary alicyclic amines) is 1. The molecule has 1 unspecified atom stereocenters. The highest BCUT2D eigenvalue weighted by atomic mass is 16.5. The summed E-state index contributed by atoms with van der Waals surface area (Å²) in [5, 5.41) is 3.46. The van der Waals surface area contributed by atoms with Gasteiger partial charge < -0.3 is 19.7 Å². The number of nitrogens with one attached hydrogen (secondary N) is 1. The maximum absolute atomic E-state index is 5.92. The molecular formula is C22H29N3O2. The molecule has 0 radical (unpaired) electrons. The molecule has 1 atom stereocenters. The van der Waals surface area contributed by atoms with Crippen molar-refractivity contribution in [3.8, 4) is 5.75 Å². The van der Waals surface area contributed by atoms with Gasteiger partial charge in [-0.25, -0.2) is 0 Å². The number of methoxy groups -OCH3 is 1. The quantitative estimate of drug-likeness (QED) is 0.602. The third kappa shape index (κ3) is 5.73. The predicted molar refractivity (Wildman–Crippen MR) is 109 cm³/mol. The number of hydrogen-bond acceptors (Lipinski definition) is 3. The first-order valence-electron chi connectivity index (χ1n) is 9.48. The molecule has 1 N–H and O–H groups in total. The average molecular weight is 367 g/mol. The molecule has 0 amide bonds. The summed E-state index contributed by atoms with van der Waals surface area (Å²) in [5.41, 5.74) is 2.40. The number of aliphatic imine (C=N–C) groups is 1. The molecule has 144 valence electrons. The van der Waals surface area contributed by atoms with Crippen molar-refractivity contribution in [2.75, 3.05) is 33.9 Å². The summed E-state index contributed by atoms with van der Waals surface area (Å²) in [6, 6.07) is 18.4. The molecule has 2 aromatic carbocycles. The lowest BCUT2D eigenvalue weighted by Gasteiger charge is -2.22. The Morgan fingerprint density at radius 2 is 1.96 bits per heavy atom. The lowest BCUT2D eigenvalue weighted by molar-refractivity contribution is 0.0906. The number of nitrogens with zero attached hydrogens (tertiary/aromatic N) is 2. The van der Waals surface area contributed by atoms with E-state index in [9.17, 15) is 0 Å². The van der Waals surface area contributed by atoms with Gasteiger partial charge in [0.1, 0.15) is 5.75 Å². The van der Waals surface area contributed by atoms with Crippen LogP contribution < -0.4 is 10.1 Å².